The summed E-state index contributed by atoms with van der Waals surface area (Å²) in [5.41, 5.74) is 2.99. The van der Waals surface area contributed by atoms with E-state index in [9.17, 15) is 13.2 Å². The maximum Gasteiger partial charge on any atom is 0.243 e. The maximum absolute atomic E-state index is 13.3. The molecule has 1 aliphatic rings. The van der Waals surface area contributed by atoms with E-state index in [1.54, 1.807) is 30.3 Å². The molecule has 0 spiro atoms. The van der Waals surface area contributed by atoms with Gasteiger partial charge in [-0.3, -0.25) is 4.79 Å². The molecule has 0 aliphatic carbocycles. The first-order valence-corrected chi connectivity index (χ1v) is 10.4. The van der Waals surface area contributed by atoms with Crippen LogP contribution in [0.25, 0.3) is 0 Å². The Morgan fingerprint density at radius 1 is 1.22 bits per heavy atom. The number of benzene rings is 2. The minimum absolute atomic E-state index is 0.0793. The Hall–Kier alpha value is -2.44. The smallest absolute Gasteiger partial charge is 0.243 e. The first kappa shape index (κ1) is 19.3. The highest BCUT2D eigenvalue weighted by Gasteiger charge is 2.37. The molecule has 1 N–H and O–H groups in total. The standard InChI is InChI=1S/C21H24N2O3S/c1-3-13-22-21(24)15-20-19-7-5-4-6-17(19)12-14-23(20)27(25,26)18-10-8-16(2)9-11-18/h3-11,20H,1,12-15H2,2H3,(H,22,24). The first-order chi connectivity index (χ1) is 12.9. The van der Waals surface area contributed by atoms with Gasteiger partial charge in [0.1, 0.15) is 0 Å². The molecule has 0 aromatic heterocycles. The summed E-state index contributed by atoms with van der Waals surface area (Å²) in [6, 6.07) is 14.0. The van der Waals surface area contributed by atoms with Crippen molar-refractivity contribution < 1.29 is 13.2 Å². The van der Waals surface area contributed by atoms with Crippen LogP contribution >= 0.6 is 0 Å². The molecule has 2 aromatic carbocycles. The fourth-order valence-electron chi connectivity index (χ4n) is 3.41. The summed E-state index contributed by atoms with van der Waals surface area (Å²) in [5.74, 6) is -0.194. The summed E-state index contributed by atoms with van der Waals surface area (Å²) < 4.78 is 28.1. The van der Waals surface area contributed by atoms with Crippen molar-refractivity contribution in [2.45, 2.75) is 30.7 Å². The average molecular weight is 385 g/mol. The Labute approximate surface area is 160 Å². The van der Waals surface area contributed by atoms with Crippen LogP contribution in [-0.4, -0.2) is 31.7 Å². The summed E-state index contributed by atoms with van der Waals surface area (Å²) >= 11 is 0. The molecule has 27 heavy (non-hydrogen) atoms. The molecule has 0 radical (unpaired) electrons. The van der Waals surface area contributed by atoms with Gasteiger partial charge in [-0.05, 0) is 36.6 Å². The van der Waals surface area contributed by atoms with E-state index >= 15 is 0 Å². The number of hydrogen-bond donors (Lipinski definition) is 1. The number of hydrogen-bond acceptors (Lipinski definition) is 3. The van der Waals surface area contributed by atoms with E-state index in [1.165, 1.54) is 4.31 Å². The van der Waals surface area contributed by atoms with Crippen molar-refractivity contribution in [3.8, 4) is 0 Å². The zero-order chi connectivity index (χ0) is 19.4. The van der Waals surface area contributed by atoms with Crippen molar-refractivity contribution in [3.05, 3.63) is 77.9 Å². The van der Waals surface area contributed by atoms with Gasteiger partial charge in [0.05, 0.1) is 10.9 Å². The second kappa shape index (κ2) is 8.06. The van der Waals surface area contributed by atoms with E-state index in [1.807, 2.05) is 31.2 Å². The molecule has 1 heterocycles. The van der Waals surface area contributed by atoms with E-state index in [0.29, 0.717) is 19.5 Å². The van der Waals surface area contributed by atoms with E-state index < -0.39 is 16.1 Å². The zero-order valence-corrected chi connectivity index (χ0v) is 16.2. The molecular formula is C21H24N2O3S. The van der Waals surface area contributed by atoms with E-state index in [2.05, 4.69) is 11.9 Å². The molecule has 6 heteroatoms. The van der Waals surface area contributed by atoms with Crippen LogP contribution < -0.4 is 5.32 Å². The second-order valence-electron chi connectivity index (χ2n) is 6.69. The summed E-state index contributed by atoms with van der Waals surface area (Å²) in [6.07, 6.45) is 2.31. The summed E-state index contributed by atoms with van der Waals surface area (Å²) in [4.78, 5) is 12.6. The lowest BCUT2D eigenvalue weighted by atomic mass is 9.92. The van der Waals surface area contributed by atoms with Crippen molar-refractivity contribution in [1.82, 2.24) is 9.62 Å². The van der Waals surface area contributed by atoms with Gasteiger partial charge < -0.3 is 5.32 Å². The monoisotopic (exact) mass is 384 g/mol. The number of nitrogens with zero attached hydrogens (tertiary/aromatic N) is 1. The molecule has 1 amide bonds. The fourth-order valence-corrected chi connectivity index (χ4v) is 5.01. The normalized spacial score (nSPS) is 17.1. The van der Waals surface area contributed by atoms with Crippen LogP contribution in [0.4, 0.5) is 0 Å². The molecule has 3 rings (SSSR count). The van der Waals surface area contributed by atoms with Gasteiger partial charge in [-0.25, -0.2) is 8.42 Å². The molecular weight excluding hydrogens is 360 g/mol. The van der Waals surface area contributed by atoms with Crippen LogP contribution in [-0.2, 0) is 21.2 Å². The number of fused-ring (bicyclic) bond motifs is 1. The predicted octanol–water partition coefficient (Wildman–Crippen LogP) is 2.98. The Morgan fingerprint density at radius 3 is 2.63 bits per heavy atom. The lowest BCUT2D eigenvalue weighted by Crippen LogP contribution is -2.42. The third-order valence-corrected chi connectivity index (χ3v) is 6.74. The zero-order valence-electron chi connectivity index (χ0n) is 15.4. The Balaban J connectivity index is 1.98. The number of carbonyl (C=O) groups excluding carboxylic acids is 1. The van der Waals surface area contributed by atoms with Gasteiger partial charge in [-0.15, -0.1) is 6.58 Å². The number of nitrogens with one attached hydrogen (secondary N) is 1. The quantitative estimate of drug-likeness (QED) is 0.779. The van der Waals surface area contributed by atoms with E-state index in [-0.39, 0.29) is 17.2 Å². The molecule has 5 nitrogen and oxygen atoms in total. The van der Waals surface area contributed by atoms with Crippen LogP contribution in [0.2, 0.25) is 0 Å². The molecule has 1 atom stereocenters. The Morgan fingerprint density at radius 2 is 1.93 bits per heavy atom. The van der Waals surface area contributed by atoms with Crippen molar-refractivity contribution in [2.75, 3.05) is 13.1 Å². The molecule has 142 valence electrons. The topological polar surface area (TPSA) is 66.5 Å². The summed E-state index contributed by atoms with van der Waals surface area (Å²) in [6.45, 7) is 6.23. The minimum atomic E-state index is -3.70. The highest BCUT2D eigenvalue weighted by Crippen LogP contribution is 2.36. The van der Waals surface area contributed by atoms with Gasteiger partial charge in [0.25, 0.3) is 0 Å². The summed E-state index contributed by atoms with van der Waals surface area (Å²) in [5, 5.41) is 2.75. The maximum atomic E-state index is 13.3. The summed E-state index contributed by atoms with van der Waals surface area (Å²) in [7, 11) is -3.70. The van der Waals surface area contributed by atoms with Crippen LogP contribution in [0.1, 0.15) is 29.2 Å². The predicted molar refractivity (Wildman–Crippen MR) is 106 cm³/mol. The van der Waals surface area contributed by atoms with Gasteiger partial charge in [0, 0.05) is 19.5 Å². The molecule has 0 saturated carbocycles. The van der Waals surface area contributed by atoms with Gasteiger partial charge in [0.15, 0.2) is 0 Å². The fraction of sp³-hybridized carbons (Fsp3) is 0.286. The van der Waals surface area contributed by atoms with Gasteiger partial charge >= 0.3 is 0 Å². The Kier molecular flexibility index (Phi) is 5.77. The van der Waals surface area contributed by atoms with Gasteiger partial charge in [-0.2, -0.15) is 4.31 Å². The third kappa shape index (κ3) is 4.12. The lowest BCUT2D eigenvalue weighted by Gasteiger charge is -2.36. The van der Waals surface area contributed by atoms with Crippen LogP contribution in [0.3, 0.4) is 0 Å². The number of aryl methyl sites for hydroxylation is 1. The van der Waals surface area contributed by atoms with Gasteiger partial charge in [-0.1, -0.05) is 48.0 Å². The van der Waals surface area contributed by atoms with Crippen molar-refractivity contribution >= 4 is 15.9 Å². The Bertz CT molecular complexity index is 936. The van der Waals surface area contributed by atoms with Crippen molar-refractivity contribution in [3.63, 3.8) is 0 Å². The number of amides is 1. The van der Waals surface area contributed by atoms with Crippen LogP contribution in [0.15, 0.2) is 66.1 Å². The van der Waals surface area contributed by atoms with Crippen LogP contribution in [0.5, 0.6) is 0 Å². The van der Waals surface area contributed by atoms with E-state index in [0.717, 1.165) is 16.7 Å². The minimum Gasteiger partial charge on any atom is -0.353 e. The second-order valence-corrected chi connectivity index (χ2v) is 8.58. The largest absolute Gasteiger partial charge is 0.353 e. The van der Waals surface area contributed by atoms with Gasteiger partial charge in [0.2, 0.25) is 15.9 Å². The molecule has 0 saturated heterocycles. The number of sulfonamides is 1. The number of carbonyl (C=O) groups is 1. The average Bonchev–Trinajstić information content (AvgIpc) is 2.66. The highest BCUT2D eigenvalue weighted by atomic mass is 32.2. The molecule has 0 fully saturated rings. The first-order valence-electron chi connectivity index (χ1n) is 8.97. The lowest BCUT2D eigenvalue weighted by molar-refractivity contribution is -0.121. The van der Waals surface area contributed by atoms with Crippen molar-refractivity contribution in [2.24, 2.45) is 0 Å². The van der Waals surface area contributed by atoms with Crippen molar-refractivity contribution in [1.29, 1.82) is 0 Å². The molecule has 0 bridgehead atoms. The van der Waals surface area contributed by atoms with E-state index in [4.69, 9.17) is 0 Å². The third-order valence-electron chi connectivity index (χ3n) is 4.81. The molecule has 2 aromatic rings. The van der Waals surface area contributed by atoms with Crippen LogP contribution in [0, 0.1) is 6.92 Å². The SMILES string of the molecule is C=CCNC(=O)CC1c2ccccc2CCN1S(=O)(=O)c1ccc(C)cc1. The number of rotatable bonds is 6. The molecule has 1 aliphatic heterocycles. The highest BCUT2D eigenvalue weighted by molar-refractivity contribution is 7.89. The molecule has 1 unspecified atom stereocenters.